The third-order valence-corrected chi connectivity index (χ3v) is 7.91. The van der Waals surface area contributed by atoms with Gasteiger partial charge in [-0.3, -0.25) is 14.4 Å². The molecule has 0 heterocycles. The number of fused-ring (bicyclic) bond motifs is 3. The normalized spacial score (nSPS) is 24.9. The van der Waals surface area contributed by atoms with Gasteiger partial charge in [-0.1, -0.05) is 19.1 Å². The van der Waals surface area contributed by atoms with Gasteiger partial charge in [-0.2, -0.15) is 0 Å². The number of Topliss-reactive ketones (excluding diaryl/α,β-unsaturated/α-hetero) is 2. The van der Waals surface area contributed by atoms with Crippen molar-refractivity contribution in [1.82, 2.24) is 0 Å². The highest BCUT2D eigenvalue weighted by molar-refractivity contribution is 6.24. The summed E-state index contributed by atoms with van der Waals surface area (Å²) in [5.74, 6) is -5.91. The van der Waals surface area contributed by atoms with E-state index in [1.165, 1.54) is 6.07 Å². The van der Waals surface area contributed by atoms with Gasteiger partial charge in [0, 0.05) is 23.5 Å². The third-order valence-electron chi connectivity index (χ3n) is 7.91. The number of carbonyl (C=O) groups excluding carboxylic acids is 3. The number of benzene rings is 2. The lowest BCUT2D eigenvalue weighted by Gasteiger charge is -2.45. The maximum atomic E-state index is 13.8. The Morgan fingerprint density at radius 1 is 1.11 bits per heavy atom. The summed E-state index contributed by atoms with van der Waals surface area (Å²) in [7, 11) is 1.55. The Balaban J connectivity index is 1.70. The number of hydrogen-bond donors (Lipinski definition) is 5. The molecule has 0 radical (unpaired) electrons. The molecule has 0 saturated heterocycles. The van der Waals surface area contributed by atoms with E-state index in [-0.39, 0.29) is 36.1 Å². The van der Waals surface area contributed by atoms with E-state index >= 15 is 0 Å². The first-order valence-corrected chi connectivity index (χ1v) is 12.0. The summed E-state index contributed by atoms with van der Waals surface area (Å²) in [6.45, 7) is 2.02. The topological polar surface area (TPSA) is 167 Å². The molecule has 3 aliphatic carbocycles. The molecule has 3 atom stereocenters. The van der Waals surface area contributed by atoms with Crippen LogP contribution in [0.25, 0.3) is 11.1 Å². The number of carbonyl (C=O) groups is 3. The number of ketones is 2. The number of hydrogen-bond acceptors (Lipinski definition) is 8. The number of ether oxygens (including phenoxy) is 1. The summed E-state index contributed by atoms with van der Waals surface area (Å²) in [4.78, 5) is 38.6. The number of allylic oxidation sites excluding steroid dienone is 2. The smallest absolute Gasteiger partial charge is 0.255 e. The summed E-state index contributed by atoms with van der Waals surface area (Å²) in [5.41, 5.74) is 4.68. The van der Waals surface area contributed by atoms with Crippen molar-refractivity contribution in [3.05, 3.63) is 69.7 Å². The van der Waals surface area contributed by atoms with Crippen LogP contribution >= 0.6 is 0 Å². The molecule has 6 N–H and O–H groups in total. The number of aryl methyl sites for hydroxylation is 1. The molecule has 192 valence electrons. The van der Waals surface area contributed by atoms with Gasteiger partial charge in [0.1, 0.15) is 28.6 Å². The number of aliphatic hydroxyl groups is 3. The van der Waals surface area contributed by atoms with Crippen LogP contribution in [0.3, 0.4) is 0 Å². The van der Waals surface area contributed by atoms with Crippen molar-refractivity contribution in [2.45, 2.75) is 38.2 Å². The molecular formula is C28H27NO8. The van der Waals surface area contributed by atoms with Gasteiger partial charge in [-0.25, -0.2) is 0 Å². The summed E-state index contributed by atoms with van der Waals surface area (Å²) < 4.78 is 5.57. The minimum Gasteiger partial charge on any atom is -0.511 e. The minimum absolute atomic E-state index is 0.0296. The molecule has 0 aromatic heterocycles. The summed E-state index contributed by atoms with van der Waals surface area (Å²) >= 11 is 0. The standard InChI is InChI=1S/C28H27NO8/c1-3-12-4-7-20(37-2)16(8-12)15-5-6-18(30)22-17(15)10-13-9-14-11-19(31)23(27(29)35)26(34)28(14,36)25(33)21(13)24(22)32/h4-8,13-14,30-31,33,36H,3,9-11H2,1-2H3,(H2,29,35)/t13-,14+,28+/m1/s1. The van der Waals surface area contributed by atoms with Crippen molar-refractivity contribution in [3.63, 3.8) is 0 Å². The van der Waals surface area contributed by atoms with Crippen molar-refractivity contribution in [3.8, 4) is 22.6 Å². The number of aliphatic hydroxyl groups excluding tert-OH is 2. The summed E-state index contributed by atoms with van der Waals surface area (Å²) in [5, 5.41) is 43.6. The quantitative estimate of drug-likeness (QED) is 0.395. The molecule has 0 bridgehead atoms. The third kappa shape index (κ3) is 3.37. The molecular weight excluding hydrogens is 478 g/mol. The lowest BCUT2D eigenvalue weighted by Crippen LogP contribution is -2.57. The SMILES string of the molecule is CCc1ccc(OC)c(-c2ccc(O)c3c2C[C@H]2C[C@H]4CC(O)=C(C(N)=O)C(=O)[C@@]4(O)C(O)=C2C3=O)c1. The van der Waals surface area contributed by atoms with Crippen LogP contribution in [0.5, 0.6) is 11.5 Å². The number of nitrogens with two attached hydrogens (primary N) is 1. The number of aromatic hydroxyl groups is 1. The van der Waals surface area contributed by atoms with Crippen LogP contribution < -0.4 is 10.5 Å². The Hall–Kier alpha value is -4.11. The number of phenols is 1. The fourth-order valence-corrected chi connectivity index (χ4v) is 6.06. The fourth-order valence-electron chi connectivity index (χ4n) is 6.06. The van der Waals surface area contributed by atoms with E-state index in [2.05, 4.69) is 0 Å². The zero-order chi connectivity index (χ0) is 26.8. The van der Waals surface area contributed by atoms with Gasteiger partial charge < -0.3 is 30.9 Å². The van der Waals surface area contributed by atoms with E-state index < -0.39 is 52.0 Å². The van der Waals surface area contributed by atoms with Crippen LogP contribution in [0.15, 0.2) is 53.0 Å². The van der Waals surface area contributed by atoms with E-state index in [0.717, 1.165) is 17.5 Å². The van der Waals surface area contributed by atoms with E-state index in [0.29, 0.717) is 16.9 Å². The monoisotopic (exact) mass is 505 g/mol. The van der Waals surface area contributed by atoms with Gasteiger partial charge >= 0.3 is 0 Å². The van der Waals surface area contributed by atoms with Crippen molar-refractivity contribution in [1.29, 1.82) is 0 Å². The largest absolute Gasteiger partial charge is 0.511 e. The van der Waals surface area contributed by atoms with Crippen molar-refractivity contribution < 1.29 is 39.5 Å². The second-order valence-electron chi connectivity index (χ2n) is 9.78. The number of amides is 1. The molecule has 0 aliphatic heterocycles. The maximum Gasteiger partial charge on any atom is 0.255 e. The average molecular weight is 506 g/mol. The first-order valence-electron chi connectivity index (χ1n) is 12.0. The Kier molecular flexibility index (Phi) is 5.64. The van der Waals surface area contributed by atoms with Gasteiger partial charge in [0.2, 0.25) is 5.78 Å². The molecule has 9 nitrogen and oxygen atoms in total. The van der Waals surface area contributed by atoms with Crippen molar-refractivity contribution >= 4 is 17.5 Å². The van der Waals surface area contributed by atoms with Crippen LogP contribution in [0, 0.1) is 11.8 Å². The van der Waals surface area contributed by atoms with E-state index in [1.54, 1.807) is 13.2 Å². The number of phenolic OH excluding ortho intramolecular Hbond substituents is 1. The van der Waals surface area contributed by atoms with Gasteiger partial charge in [0.25, 0.3) is 5.91 Å². The zero-order valence-electron chi connectivity index (χ0n) is 20.4. The minimum atomic E-state index is -2.58. The Bertz CT molecular complexity index is 1450. The summed E-state index contributed by atoms with van der Waals surface area (Å²) in [6.07, 6.45) is 0.800. The molecule has 0 spiro atoms. The van der Waals surface area contributed by atoms with Crippen LogP contribution in [0.4, 0.5) is 0 Å². The highest BCUT2D eigenvalue weighted by Crippen LogP contribution is 2.52. The Morgan fingerprint density at radius 2 is 1.84 bits per heavy atom. The van der Waals surface area contributed by atoms with Crippen LogP contribution in [0.1, 0.15) is 41.3 Å². The van der Waals surface area contributed by atoms with E-state index in [1.807, 2.05) is 25.1 Å². The van der Waals surface area contributed by atoms with Gasteiger partial charge in [0.15, 0.2) is 11.4 Å². The molecule has 5 rings (SSSR count). The predicted molar refractivity (Wildman–Crippen MR) is 132 cm³/mol. The van der Waals surface area contributed by atoms with Crippen molar-refractivity contribution in [2.75, 3.05) is 7.11 Å². The lowest BCUT2D eigenvalue weighted by atomic mass is 9.60. The molecule has 9 heteroatoms. The lowest BCUT2D eigenvalue weighted by molar-refractivity contribution is -0.144. The van der Waals surface area contributed by atoms with Crippen LogP contribution in [-0.4, -0.2) is 50.6 Å². The van der Waals surface area contributed by atoms with Crippen LogP contribution in [0.2, 0.25) is 0 Å². The van der Waals surface area contributed by atoms with Gasteiger partial charge in [-0.05, 0) is 60.1 Å². The molecule has 0 saturated carbocycles. The predicted octanol–water partition coefficient (Wildman–Crippen LogP) is 2.82. The maximum absolute atomic E-state index is 13.8. The fraction of sp³-hybridized carbons (Fsp3) is 0.321. The van der Waals surface area contributed by atoms with E-state index in [9.17, 15) is 34.8 Å². The zero-order valence-corrected chi connectivity index (χ0v) is 20.4. The van der Waals surface area contributed by atoms with Gasteiger partial charge in [0.05, 0.1) is 12.7 Å². The summed E-state index contributed by atoms with van der Waals surface area (Å²) in [6, 6.07) is 8.85. The second kappa shape index (κ2) is 8.48. The number of methoxy groups -OCH3 is 1. The molecule has 3 aliphatic rings. The first kappa shape index (κ1) is 24.6. The Labute approximate surface area is 212 Å². The molecule has 37 heavy (non-hydrogen) atoms. The number of primary amides is 1. The molecule has 2 aromatic rings. The number of rotatable bonds is 4. The first-order chi connectivity index (χ1) is 17.5. The highest BCUT2D eigenvalue weighted by atomic mass is 16.5. The van der Waals surface area contributed by atoms with E-state index in [4.69, 9.17) is 10.5 Å². The highest BCUT2D eigenvalue weighted by Gasteiger charge is 2.59. The average Bonchev–Trinajstić information content (AvgIpc) is 2.85. The van der Waals surface area contributed by atoms with Crippen LogP contribution in [-0.2, 0) is 22.4 Å². The molecule has 0 unspecified atom stereocenters. The van der Waals surface area contributed by atoms with Crippen molar-refractivity contribution in [2.24, 2.45) is 17.6 Å². The molecule has 1 amide bonds. The second-order valence-corrected chi connectivity index (χ2v) is 9.78. The molecule has 2 aromatic carbocycles. The molecule has 0 fully saturated rings. The van der Waals surface area contributed by atoms with Gasteiger partial charge in [-0.15, -0.1) is 0 Å². The Morgan fingerprint density at radius 3 is 2.49 bits per heavy atom.